The summed E-state index contributed by atoms with van der Waals surface area (Å²) in [7, 11) is 0. The summed E-state index contributed by atoms with van der Waals surface area (Å²) in [6.45, 7) is 4.83. The minimum absolute atomic E-state index is 0.00315. The fourth-order valence-corrected chi connectivity index (χ4v) is 1.17. The van der Waals surface area contributed by atoms with Gasteiger partial charge in [-0.3, -0.25) is 9.59 Å². The highest BCUT2D eigenvalue weighted by Gasteiger charge is 2.04. The first-order valence-electron chi connectivity index (χ1n) is 4.40. The van der Waals surface area contributed by atoms with Crippen molar-refractivity contribution < 1.29 is 9.59 Å². The Labute approximate surface area is 83.1 Å². The summed E-state index contributed by atoms with van der Waals surface area (Å²) >= 11 is 0. The Hall–Kier alpha value is -1.64. The predicted octanol–water partition coefficient (Wildman–Crippen LogP) is 2.16. The predicted molar refractivity (Wildman–Crippen MR) is 55.5 cm³/mol. The zero-order valence-electron chi connectivity index (χ0n) is 8.55. The van der Waals surface area contributed by atoms with Crippen molar-refractivity contribution in [3.63, 3.8) is 0 Å². The first kappa shape index (κ1) is 10.4. The van der Waals surface area contributed by atoms with E-state index in [1.807, 2.05) is 13.0 Å². The largest absolute Gasteiger partial charge is 0.326 e. The lowest BCUT2D eigenvalue weighted by atomic mass is 10.1. The van der Waals surface area contributed by atoms with Crippen molar-refractivity contribution in [2.75, 3.05) is 5.32 Å². The molecule has 0 radical (unpaired) electrons. The van der Waals surface area contributed by atoms with Gasteiger partial charge in [-0.1, -0.05) is 12.1 Å². The molecule has 0 heterocycles. The number of hydrogen-bond acceptors (Lipinski definition) is 2. The molecule has 3 nitrogen and oxygen atoms in total. The molecule has 1 aromatic rings. The molecule has 74 valence electrons. The van der Waals surface area contributed by atoms with Gasteiger partial charge in [0.15, 0.2) is 5.78 Å². The zero-order chi connectivity index (χ0) is 10.7. The number of anilines is 1. The van der Waals surface area contributed by atoms with Crippen molar-refractivity contribution in [3.05, 3.63) is 29.3 Å². The molecular weight excluding hydrogens is 178 g/mol. The molecule has 14 heavy (non-hydrogen) atoms. The minimum Gasteiger partial charge on any atom is -0.326 e. The number of amides is 1. The molecule has 1 N–H and O–H groups in total. The normalized spacial score (nSPS) is 9.64. The molecule has 0 aliphatic rings. The van der Waals surface area contributed by atoms with E-state index < -0.39 is 0 Å². The SMILES string of the molecule is CC(=O)Nc1cc(C(C)=O)ccc1C. The van der Waals surface area contributed by atoms with Crippen LogP contribution in [0.4, 0.5) is 5.69 Å². The summed E-state index contributed by atoms with van der Waals surface area (Å²) in [4.78, 5) is 21.9. The standard InChI is InChI=1S/C11H13NO2/c1-7-4-5-10(8(2)13)6-11(7)12-9(3)14/h4-6H,1-3H3,(H,12,14). The molecule has 0 aliphatic carbocycles. The topological polar surface area (TPSA) is 46.2 Å². The van der Waals surface area contributed by atoms with Crippen molar-refractivity contribution in [1.29, 1.82) is 0 Å². The minimum atomic E-state index is -0.131. The lowest BCUT2D eigenvalue weighted by molar-refractivity contribution is -0.114. The summed E-state index contributed by atoms with van der Waals surface area (Å²) in [5.74, 6) is -0.134. The molecule has 1 aromatic carbocycles. The number of carbonyl (C=O) groups is 2. The fourth-order valence-electron chi connectivity index (χ4n) is 1.17. The van der Waals surface area contributed by atoms with Crippen LogP contribution >= 0.6 is 0 Å². The van der Waals surface area contributed by atoms with E-state index in [0.29, 0.717) is 11.3 Å². The number of Topliss-reactive ketones (excluding diaryl/α,β-unsaturated/α-hetero) is 1. The molecule has 0 aliphatic heterocycles. The lowest BCUT2D eigenvalue weighted by Crippen LogP contribution is -2.08. The van der Waals surface area contributed by atoms with Crippen LogP contribution in [0.25, 0.3) is 0 Å². The lowest BCUT2D eigenvalue weighted by Gasteiger charge is -2.07. The van der Waals surface area contributed by atoms with Gasteiger partial charge in [-0.25, -0.2) is 0 Å². The van der Waals surface area contributed by atoms with Crippen molar-refractivity contribution >= 4 is 17.4 Å². The number of ketones is 1. The molecule has 0 saturated carbocycles. The van der Waals surface area contributed by atoms with Crippen LogP contribution in [0.1, 0.15) is 29.8 Å². The Morgan fingerprint density at radius 1 is 1.21 bits per heavy atom. The van der Waals surface area contributed by atoms with Crippen molar-refractivity contribution in [3.8, 4) is 0 Å². The Morgan fingerprint density at radius 2 is 1.86 bits per heavy atom. The molecule has 1 rings (SSSR count). The zero-order valence-corrected chi connectivity index (χ0v) is 8.55. The Balaban J connectivity index is 3.08. The summed E-state index contributed by atoms with van der Waals surface area (Å²) in [5.41, 5.74) is 2.26. The third kappa shape index (κ3) is 2.42. The maximum atomic E-state index is 11.1. The summed E-state index contributed by atoms with van der Waals surface area (Å²) in [5, 5.41) is 2.68. The maximum absolute atomic E-state index is 11.1. The second-order valence-corrected chi connectivity index (χ2v) is 3.27. The van der Waals surface area contributed by atoms with E-state index in [0.717, 1.165) is 5.56 Å². The van der Waals surface area contributed by atoms with Crippen LogP contribution in [0.15, 0.2) is 18.2 Å². The van der Waals surface area contributed by atoms with Crippen LogP contribution in [-0.2, 0) is 4.79 Å². The quantitative estimate of drug-likeness (QED) is 0.728. The first-order chi connectivity index (χ1) is 6.50. The van der Waals surface area contributed by atoms with Gasteiger partial charge >= 0.3 is 0 Å². The van der Waals surface area contributed by atoms with E-state index in [2.05, 4.69) is 5.32 Å². The van der Waals surface area contributed by atoms with Crippen LogP contribution in [0.2, 0.25) is 0 Å². The Bertz CT molecular complexity index is 383. The molecule has 0 atom stereocenters. The third-order valence-corrected chi connectivity index (χ3v) is 1.95. The second-order valence-electron chi connectivity index (χ2n) is 3.27. The molecule has 0 unspecified atom stereocenters. The van der Waals surface area contributed by atoms with Gasteiger partial charge in [0.1, 0.15) is 0 Å². The van der Waals surface area contributed by atoms with Crippen LogP contribution in [0.3, 0.4) is 0 Å². The number of hydrogen-bond donors (Lipinski definition) is 1. The van der Waals surface area contributed by atoms with Gasteiger partial charge in [-0.05, 0) is 25.5 Å². The molecule has 0 saturated heterocycles. The van der Waals surface area contributed by atoms with Crippen LogP contribution in [0.5, 0.6) is 0 Å². The van der Waals surface area contributed by atoms with Gasteiger partial charge in [-0.2, -0.15) is 0 Å². The number of rotatable bonds is 2. The Morgan fingerprint density at radius 3 is 2.36 bits per heavy atom. The maximum Gasteiger partial charge on any atom is 0.221 e. The van der Waals surface area contributed by atoms with Crippen LogP contribution in [0, 0.1) is 6.92 Å². The smallest absolute Gasteiger partial charge is 0.221 e. The molecule has 1 amide bonds. The van der Waals surface area contributed by atoms with E-state index in [-0.39, 0.29) is 11.7 Å². The molecule has 0 bridgehead atoms. The van der Waals surface area contributed by atoms with Gasteiger partial charge in [0.2, 0.25) is 5.91 Å². The van der Waals surface area contributed by atoms with Crippen LogP contribution in [-0.4, -0.2) is 11.7 Å². The molecular formula is C11H13NO2. The highest BCUT2D eigenvalue weighted by atomic mass is 16.1. The first-order valence-corrected chi connectivity index (χ1v) is 4.40. The molecule has 0 fully saturated rings. The number of aryl methyl sites for hydroxylation is 1. The van der Waals surface area contributed by atoms with Crippen molar-refractivity contribution in [2.45, 2.75) is 20.8 Å². The third-order valence-electron chi connectivity index (χ3n) is 1.95. The van der Waals surface area contributed by atoms with Gasteiger partial charge in [-0.15, -0.1) is 0 Å². The van der Waals surface area contributed by atoms with Crippen LogP contribution < -0.4 is 5.32 Å². The Kier molecular flexibility index (Phi) is 3.02. The van der Waals surface area contributed by atoms with Gasteiger partial charge < -0.3 is 5.32 Å². The van der Waals surface area contributed by atoms with E-state index in [1.165, 1.54) is 13.8 Å². The summed E-state index contributed by atoms with van der Waals surface area (Å²) < 4.78 is 0. The average molecular weight is 191 g/mol. The highest BCUT2D eigenvalue weighted by Crippen LogP contribution is 2.17. The molecule has 0 spiro atoms. The summed E-state index contributed by atoms with van der Waals surface area (Å²) in [6.07, 6.45) is 0. The van der Waals surface area contributed by atoms with Gasteiger partial charge in [0.25, 0.3) is 0 Å². The number of carbonyl (C=O) groups excluding carboxylic acids is 2. The second kappa shape index (κ2) is 4.05. The van der Waals surface area contributed by atoms with Gasteiger partial charge in [0, 0.05) is 18.2 Å². The van der Waals surface area contributed by atoms with E-state index in [4.69, 9.17) is 0 Å². The number of benzene rings is 1. The summed E-state index contributed by atoms with van der Waals surface area (Å²) in [6, 6.07) is 5.27. The van der Waals surface area contributed by atoms with Gasteiger partial charge in [0.05, 0.1) is 0 Å². The van der Waals surface area contributed by atoms with E-state index in [1.54, 1.807) is 12.1 Å². The van der Waals surface area contributed by atoms with Crippen molar-refractivity contribution in [2.24, 2.45) is 0 Å². The highest BCUT2D eigenvalue weighted by molar-refractivity contribution is 5.97. The van der Waals surface area contributed by atoms with E-state index >= 15 is 0 Å². The number of nitrogens with one attached hydrogen (secondary N) is 1. The molecule has 0 aromatic heterocycles. The monoisotopic (exact) mass is 191 g/mol. The molecule has 3 heteroatoms. The van der Waals surface area contributed by atoms with Crippen molar-refractivity contribution in [1.82, 2.24) is 0 Å². The average Bonchev–Trinajstić information content (AvgIpc) is 2.07. The van der Waals surface area contributed by atoms with E-state index in [9.17, 15) is 9.59 Å². The fraction of sp³-hybridized carbons (Fsp3) is 0.273.